The first-order chi connectivity index (χ1) is 10.2. The Morgan fingerprint density at radius 3 is 2.48 bits per heavy atom. The maximum Gasteiger partial charge on any atom is 0.409 e. The van der Waals surface area contributed by atoms with Crippen molar-refractivity contribution in [2.75, 3.05) is 32.8 Å². The van der Waals surface area contributed by atoms with Crippen LogP contribution in [0, 0.1) is 0 Å². The molecule has 0 bridgehead atoms. The van der Waals surface area contributed by atoms with E-state index in [2.05, 4.69) is 42.2 Å². The number of amides is 1. The Balaban J connectivity index is 1.73. The highest BCUT2D eigenvalue weighted by Crippen LogP contribution is 2.13. The third kappa shape index (κ3) is 4.74. The molecule has 116 valence electrons. The minimum absolute atomic E-state index is 0.172. The van der Waals surface area contributed by atoms with Crippen LogP contribution in [0.5, 0.6) is 0 Å². The van der Waals surface area contributed by atoms with Crippen LogP contribution in [0.1, 0.15) is 25.8 Å². The summed E-state index contributed by atoms with van der Waals surface area (Å²) in [4.78, 5) is 16.0. The van der Waals surface area contributed by atoms with Gasteiger partial charge in [0.25, 0.3) is 0 Å². The van der Waals surface area contributed by atoms with Gasteiger partial charge in [0.05, 0.1) is 6.61 Å². The van der Waals surface area contributed by atoms with Crippen molar-refractivity contribution in [3.8, 4) is 0 Å². The number of ether oxygens (including phenoxy) is 1. The number of nitrogens with zero attached hydrogens (tertiary/aromatic N) is 2. The third-order valence-corrected chi connectivity index (χ3v) is 4.16. The molecule has 0 radical (unpaired) electrons. The molecule has 1 amide bonds. The number of benzene rings is 1. The summed E-state index contributed by atoms with van der Waals surface area (Å²) in [6.07, 6.45) is 2.10. The first-order valence-electron chi connectivity index (χ1n) is 7.90. The highest BCUT2D eigenvalue weighted by atomic mass is 16.6. The Labute approximate surface area is 127 Å². The first kappa shape index (κ1) is 15.8. The smallest absolute Gasteiger partial charge is 0.409 e. The topological polar surface area (TPSA) is 32.8 Å². The molecule has 4 heteroatoms. The fourth-order valence-corrected chi connectivity index (χ4v) is 2.76. The molecule has 0 unspecified atom stereocenters. The highest BCUT2D eigenvalue weighted by molar-refractivity contribution is 5.67. The Morgan fingerprint density at radius 2 is 1.86 bits per heavy atom. The number of hydrogen-bond acceptors (Lipinski definition) is 3. The molecule has 0 spiro atoms. The van der Waals surface area contributed by atoms with E-state index in [9.17, 15) is 4.79 Å². The molecule has 1 aliphatic heterocycles. The van der Waals surface area contributed by atoms with Crippen molar-refractivity contribution in [2.45, 2.75) is 32.7 Å². The SMILES string of the molecule is CCOC(=O)N1CCN([C@@H](C)CCc2ccccc2)CC1. The summed E-state index contributed by atoms with van der Waals surface area (Å²) in [7, 11) is 0. The number of carbonyl (C=O) groups excluding carboxylic acids is 1. The summed E-state index contributed by atoms with van der Waals surface area (Å²) in [6, 6.07) is 11.2. The van der Waals surface area contributed by atoms with E-state index in [4.69, 9.17) is 4.74 Å². The minimum atomic E-state index is -0.172. The standard InChI is InChI=1S/C17H26N2O2/c1-3-21-17(20)19-13-11-18(12-14-19)15(2)9-10-16-7-5-4-6-8-16/h4-8,15H,3,9-14H2,1-2H3/t15-/m0/s1. The summed E-state index contributed by atoms with van der Waals surface area (Å²) < 4.78 is 5.05. The lowest BCUT2D eigenvalue weighted by molar-refractivity contribution is 0.0674. The molecular formula is C17H26N2O2. The van der Waals surface area contributed by atoms with Gasteiger partial charge in [-0.1, -0.05) is 30.3 Å². The molecule has 1 aromatic rings. The number of aryl methyl sites for hydroxylation is 1. The molecule has 1 atom stereocenters. The minimum Gasteiger partial charge on any atom is -0.450 e. The zero-order valence-corrected chi connectivity index (χ0v) is 13.1. The average molecular weight is 290 g/mol. The fourth-order valence-electron chi connectivity index (χ4n) is 2.76. The quantitative estimate of drug-likeness (QED) is 0.836. The van der Waals surface area contributed by atoms with Gasteiger partial charge in [0, 0.05) is 32.2 Å². The van der Waals surface area contributed by atoms with E-state index in [0.29, 0.717) is 12.6 Å². The molecule has 0 N–H and O–H groups in total. The normalized spacial score (nSPS) is 17.5. The summed E-state index contributed by atoms with van der Waals surface area (Å²) >= 11 is 0. The van der Waals surface area contributed by atoms with Crippen molar-refractivity contribution in [3.05, 3.63) is 35.9 Å². The molecule has 0 aliphatic carbocycles. The van der Waals surface area contributed by atoms with Gasteiger partial charge < -0.3 is 9.64 Å². The third-order valence-electron chi connectivity index (χ3n) is 4.16. The molecule has 2 rings (SSSR count). The van der Waals surface area contributed by atoms with Crippen molar-refractivity contribution in [1.29, 1.82) is 0 Å². The summed E-state index contributed by atoms with van der Waals surface area (Å²) in [6.45, 7) is 8.00. The monoisotopic (exact) mass is 290 g/mol. The maximum absolute atomic E-state index is 11.7. The second-order valence-corrected chi connectivity index (χ2v) is 5.60. The van der Waals surface area contributed by atoms with Gasteiger partial charge in [0.2, 0.25) is 0 Å². The van der Waals surface area contributed by atoms with Crippen LogP contribution in [0.4, 0.5) is 4.79 Å². The Morgan fingerprint density at radius 1 is 1.19 bits per heavy atom. The highest BCUT2D eigenvalue weighted by Gasteiger charge is 2.24. The van der Waals surface area contributed by atoms with Crippen LogP contribution in [-0.2, 0) is 11.2 Å². The van der Waals surface area contributed by atoms with Gasteiger partial charge in [-0.25, -0.2) is 4.79 Å². The first-order valence-corrected chi connectivity index (χ1v) is 7.90. The Kier molecular flexibility index (Phi) is 6.05. The molecular weight excluding hydrogens is 264 g/mol. The number of piperazine rings is 1. The van der Waals surface area contributed by atoms with Crippen molar-refractivity contribution < 1.29 is 9.53 Å². The van der Waals surface area contributed by atoms with Crippen molar-refractivity contribution in [1.82, 2.24) is 9.80 Å². The van der Waals surface area contributed by atoms with Crippen LogP contribution in [0.15, 0.2) is 30.3 Å². The van der Waals surface area contributed by atoms with Crippen LogP contribution in [-0.4, -0.2) is 54.7 Å². The molecule has 1 aromatic carbocycles. The van der Waals surface area contributed by atoms with Crippen molar-refractivity contribution >= 4 is 6.09 Å². The molecule has 1 saturated heterocycles. The van der Waals surface area contributed by atoms with E-state index < -0.39 is 0 Å². The predicted molar refractivity (Wildman–Crippen MR) is 84.4 cm³/mol. The van der Waals surface area contributed by atoms with Crippen LogP contribution >= 0.6 is 0 Å². The fraction of sp³-hybridized carbons (Fsp3) is 0.588. The lowest BCUT2D eigenvalue weighted by Gasteiger charge is -2.37. The van der Waals surface area contributed by atoms with Gasteiger partial charge in [-0.05, 0) is 32.3 Å². The van der Waals surface area contributed by atoms with Crippen molar-refractivity contribution in [3.63, 3.8) is 0 Å². The van der Waals surface area contributed by atoms with E-state index in [1.165, 1.54) is 5.56 Å². The van der Waals surface area contributed by atoms with Gasteiger partial charge >= 0.3 is 6.09 Å². The van der Waals surface area contributed by atoms with Gasteiger partial charge in [0.15, 0.2) is 0 Å². The van der Waals surface area contributed by atoms with Gasteiger partial charge in [-0.2, -0.15) is 0 Å². The van der Waals surface area contributed by atoms with Gasteiger partial charge in [0.1, 0.15) is 0 Å². The van der Waals surface area contributed by atoms with Crippen LogP contribution in [0.3, 0.4) is 0 Å². The summed E-state index contributed by atoms with van der Waals surface area (Å²) in [5, 5.41) is 0. The Hall–Kier alpha value is -1.55. The van der Waals surface area contributed by atoms with Crippen LogP contribution < -0.4 is 0 Å². The largest absolute Gasteiger partial charge is 0.450 e. The zero-order valence-electron chi connectivity index (χ0n) is 13.1. The molecule has 1 aliphatic rings. The molecule has 1 fully saturated rings. The number of carbonyl (C=O) groups is 1. The molecule has 1 heterocycles. The van der Waals surface area contributed by atoms with Gasteiger partial charge in [-0.3, -0.25) is 4.90 Å². The molecule has 0 saturated carbocycles. The lowest BCUT2D eigenvalue weighted by Crippen LogP contribution is -2.51. The lowest BCUT2D eigenvalue weighted by atomic mass is 10.0. The molecule has 0 aromatic heterocycles. The van der Waals surface area contributed by atoms with E-state index >= 15 is 0 Å². The number of hydrogen-bond donors (Lipinski definition) is 0. The predicted octanol–water partition coefficient (Wildman–Crippen LogP) is 2.78. The maximum atomic E-state index is 11.7. The Bertz CT molecular complexity index is 428. The summed E-state index contributed by atoms with van der Waals surface area (Å²) in [5.74, 6) is 0. The van der Waals surface area contributed by atoms with Crippen LogP contribution in [0.2, 0.25) is 0 Å². The van der Waals surface area contributed by atoms with Crippen molar-refractivity contribution in [2.24, 2.45) is 0 Å². The van der Waals surface area contributed by atoms with E-state index in [1.54, 1.807) is 0 Å². The van der Waals surface area contributed by atoms with Gasteiger partial charge in [-0.15, -0.1) is 0 Å². The van der Waals surface area contributed by atoms with E-state index in [0.717, 1.165) is 39.0 Å². The van der Waals surface area contributed by atoms with E-state index in [1.807, 2.05) is 11.8 Å². The van der Waals surface area contributed by atoms with Crippen LogP contribution in [0.25, 0.3) is 0 Å². The van der Waals surface area contributed by atoms with E-state index in [-0.39, 0.29) is 6.09 Å². The molecule has 4 nitrogen and oxygen atoms in total. The summed E-state index contributed by atoms with van der Waals surface area (Å²) in [5.41, 5.74) is 1.40. The second kappa shape index (κ2) is 8.03. The average Bonchev–Trinajstić information content (AvgIpc) is 2.54. The zero-order chi connectivity index (χ0) is 15.1. The molecule has 21 heavy (non-hydrogen) atoms. The second-order valence-electron chi connectivity index (χ2n) is 5.60. The number of rotatable bonds is 5.